The minimum atomic E-state index is -0.526. The van der Waals surface area contributed by atoms with E-state index in [-0.39, 0.29) is 0 Å². The second-order valence-corrected chi connectivity index (χ2v) is 6.26. The molecule has 21 heavy (non-hydrogen) atoms. The summed E-state index contributed by atoms with van der Waals surface area (Å²) in [6, 6.07) is 6.16. The van der Waals surface area contributed by atoms with E-state index in [1.54, 1.807) is 0 Å². The summed E-state index contributed by atoms with van der Waals surface area (Å²) in [6.45, 7) is 3.04. The number of anilines is 1. The summed E-state index contributed by atoms with van der Waals surface area (Å²) >= 11 is 3.62. The Morgan fingerprint density at radius 2 is 2.29 bits per heavy atom. The number of para-hydroxylation sites is 1. The third-order valence-corrected chi connectivity index (χ3v) is 5.04. The van der Waals surface area contributed by atoms with Crippen LogP contribution < -0.4 is 5.32 Å². The van der Waals surface area contributed by atoms with Crippen molar-refractivity contribution in [1.29, 1.82) is 0 Å². The van der Waals surface area contributed by atoms with Crippen LogP contribution in [-0.2, 0) is 26.3 Å². The van der Waals surface area contributed by atoms with Gasteiger partial charge in [-0.05, 0) is 34.3 Å². The predicted octanol–water partition coefficient (Wildman–Crippen LogP) is 2.99. The fraction of sp³-hybridized carbons (Fsp3) is 0.438. The van der Waals surface area contributed by atoms with Gasteiger partial charge >= 0.3 is 0 Å². The molecular weight excluding hydrogens is 330 g/mol. The quantitative estimate of drug-likeness (QED) is 0.891. The average molecular weight is 350 g/mol. The van der Waals surface area contributed by atoms with Crippen LogP contribution in [0, 0.1) is 0 Å². The second-order valence-electron chi connectivity index (χ2n) is 5.46. The molecule has 2 aromatic rings. The maximum atomic E-state index is 10.7. The van der Waals surface area contributed by atoms with Crippen LogP contribution in [0.4, 0.5) is 5.69 Å². The molecule has 0 amide bonds. The lowest BCUT2D eigenvalue weighted by molar-refractivity contribution is 0.176. The highest BCUT2D eigenvalue weighted by atomic mass is 79.9. The van der Waals surface area contributed by atoms with E-state index in [4.69, 9.17) is 0 Å². The molecule has 1 unspecified atom stereocenters. The van der Waals surface area contributed by atoms with Gasteiger partial charge in [0.2, 0.25) is 0 Å². The van der Waals surface area contributed by atoms with E-state index in [2.05, 4.69) is 39.3 Å². The second kappa shape index (κ2) is 5.81. The first-order valence-corrected chi connectivity index (χ1v) is 8.15. The van der Waals surface area contributed by atoms with Crippen molar-refractivity contribution in [3.8, 4) is 0 Å². The predicted molar refractivity (Wildman–Crippen MR) is 87.6 cm³/mol. The number of nitrogens with zero attached hydrogens (tertiary/aromatic N) is 2. The maximum absolute atomic E-state index is 10.7. The van der Waals surface area contributed by atoms with Crippen LogP contribution in [0.1, 0.15) is 35.5 Å². The Kier molecular flexibility index (Phi) is 4.04. The fourth-order valence-corrected chi connectivity index (χ4v) is 3.76. The number of rotatable bonds is 4. The van der Waals surface area contributed by atoms with Gasteiger partial charge in [0.05, 0.1) is 22.0 Å². The summed E-state index contributed by atoms with van der Waals surface area (Å²) < 4.78 is 2.88. The zero-order valence-corrected chi connectivity index (χ0v) is 13.9. The van der Waals surface area contributed by atoms with Gasteiger partial charge < -0.3 is 10.4 Å². The van der Waals surface area contributed by atoms with Crippen LogP contribution in [-0.4, -0.2) is 21.4 Å². The van der Waals surface area contributed by atoms with E-state index in [9.17, 15) is 5.11 Å². The molecule has 2 heterocycles. The lowest BCUT2D eigenvalue weighted by atomic mass is 10.00. The number of hydrogen-bond acceptors (Lipinski definition) is 3. The van der Waals surface area contributed by atoms with Crippen molar-refractivity contribution < 1.29 is 5.11 Å². The van der Waals surface area contributed by atoms with Gasteiger partial charge in [-0.25, -0.2) is 0 Å². The van der Waals surface area contributed by atoms with Crippen molar-refractivity contribution >= 4 is 21.6 Å². The zero-order valence-electron chi connectivity index (χ0n) is 12.4. The minimum Gasteiger partial charge on any atom is -0.388 e. The summed E-state index contributed by atoms with van der Waals surface area (Å²) in [5, 5.41) is 18.5. The molecule has 4 nitrogen and oxygen atoms in total. The van der Waals surface area contributed by atoms with E-state index >= 15 is 0 Å². The molecule has 0 fully saturated rings. The summed E-state index contributed by atoms with van der Waals surface area (Å²) in [6.07, 6.45) is 1.95. The molecule has 0 saturated heterocycles. The highest BCUT2D eigenvalue weighted by Crippen LogP contribution is 2.33. The van der Waals surface area contributed by atoms with Gasteiger partial charge in [-0.2, -0.15) is 5.10 Å². The van der Waals surface area contributed by atoms with Crippen molar-refractivity contribution in [1.82, 2.24) is 9.78 Å². The van der Waals surface area contributed by atoms with Crippen LogP contribution in [0.3, 0.4) is 0 Å². The van der Waals surface area contributed by atoms with Gasteiger partial charge in [0, 0.05) is 31.3 Å². The van der Waals surface area contributed by atoms with Crippen LogP contribution in [0.2, 0.25) is 0 Å². The molecule has 1 aromatic carbocycles. The summed E-state index contributed by atoms with van der Waals surface area (Å²) in [5.41, 5.74) is 5.46. The number of aromatic nitrogens is 2. The molecular formula is C16H20BrN3O. The monoisotopic (exact) mass is 349 g/mol. The van der Waals surface area contributed by atoms with E-state index in [0.29, 0.717) is 6.42 Å². The van der Waals surface area contributed by atoms with Crippen molar-refractivity contribution in [2.45, 2.75) is 32.3 Å². The van der Waals surface area contributed by atoms with Crippen molar-refractivity contribution in [2.75, 3.05) is 11.9 Å². The Balaban J connectivity index is 1.89. The zero-order chi connectivity index (χ0) is 15.0. The maximum Gasteiger partial charge on any atom is 0.0865 e. The van der Waals surface area contributed by atoms with Crippen molar-refractivity contribution in [3.63, 3.8) is 0 Å². The molecule has 5 heteroatoms. The van der Waals surface area contributed by atoms with Gasteiger partial charge in [0.15, 0.2) is 0 Å². The van der Waals surface area contributed by atoms with E-state index in [1.165, 1.54) is 5.56 Å². The van der Waals surface area contributed by atoms with Crippen molar-refractivity contribution in [2.24, 2.45) is 7.05 Å². The Bertz CT molecular complexity index is 666. The molecule has 0 aliphatic carbocycles. The minimum absolute atomic E-state index is 0.526. The van der Waals surface area contributed by atoms with Gasteiger partial charge in [-0.1, -0.05) is 25.1 Å². The highest BCUT2D eigenvalue weighted by molar-refractivity contribution is 9.10. The molecule has 1 atom stereocenters. The smallest absolute Gasteiger partial charge is 0.0865 e. The summed E-state index contributed by atoms with van der Waals surface area (Å²) in [5.74, 6) is 0. The lowest BCUT2D eigenvalue weighted by Crippen LogP contribution is -2.09. The molecule has 0 radical (unpaired) electrons. The molecule has 1 aliphatic rings. The van der Waals surface area contributed by atoms with Crippen molar-refractivity contribution in [3.05, 3.63) is 45.2 Å². The number of nitrogens with one attached hydrogen (secondary N) is 1. The van der Waals surface area contributed by atoms with Crippen LogP contribution in [0.25, 0.3) is 0 Å². The standard InChI is InChI=1S/C16H20BrN3O/c1-3-12-15(17)13(20(2)19-12)9-14(21)11-6-4-5-10-7-8-18-16(10)11/h4-6,14,18,21H,3,7-9H2,1-2H3. The van der Waals surface area contributed by atoms with Crippen LogP contribution in [0.5, 0.6) is 0 Å². The first-order chi connectivity index (χ1) is 10.1. The molecule has 2 N–H and O–H groups in total. The third kappa shape index (κ3) is 2.60. The van der Waals surface area contributed by atoms with Gasteiger partial charge in [0.1, 0.15) is 0 Å². The number of aryl methyl sites for hydroxylation is 2. The molecule has 3 rings (SSSR count). The Labute approximate surface area is 133 Å². The van der Waals surface area contributed by atoms with E-state index in [1.807, 2.05) is 23.9 Å². The van der Waals surface area contributed by atoms with Gasteiger partial charge in [0.25, 0.3) is 0 Å². The average Bonchev–Trinajstić information content (AvgIpc) is 3.06. The number of hydrogen-bond donors (Lipinski definition) is 2. The summed E-state index contributed by atoms with van der Waals surface area (Å²) in [7, 11) is 1.93. The number of fused-ring (bicyclic) bond motifs is 1. The SMILES string of the molecule is CCc1nn(C)c(CC(O)c2cccc3c2NCC3)c1Br. The lowest BCUT2D eigenvalue weighted by Gasteiger charge is -2.16. The molecule has 0 bridgehead atoms. The Morgan fingerprint density at radius 3 is 3.00 bits per heavy atom. The first kappa shape index (κ1) is 14.6. The Hall–Kier alpha value is -1.33. The topological polar surface area (TPSA) is 50.1 Å². The highest BCUT2D eigenvalue weighted by Gasteiger charge is 2.22. The number of aliphatic hydroxyl groups is 1. The van der Waals surface area contributed by atoms with E-state index in [0.717, 1.165) is 46.5 Å². The first-order valence-electron chi connectivity index (χ1n) is 7.35. The molecule has 0 spiro atoms. The van der Waals surface area contributed by atoms with Crippen LogP contribution >= 0.6 is 15.9 Å². The third-order valence-electron chi connectivity index (χ3n) is 4.13. The molecule has 1 aliphatic heterocycles. The molecule has 112 valence electrons. The summed E-state index contributed by atoms with van der Waals surface area (Å²) in [4.78, 5) is 0. The van der Waals surface area contributed by atoms with Crippen LogP contribution in [0.15, 0.2) is 22.7 Å². The molecule has 0 saturated carbocycles. The normalized spacial score (nSPS) is 14.9. The van der Waals surface area contributed by atoms with Gasteiger partial charge in [-0.15, -0.1) is 0 Å². The number of aliphatic hydroxyl groups excluding tert-OH is 1. The van der Waals surface area contributed by atoms with Gasteiger partial charge in [-0.3, -0.25) is 4.68 Å². The molecule has 1 aromatic heterocycles. The fourth-order valence-electron chi connectivity index (χ4n) is 2.98. The number of halogens is 1. The number of benzene rings is 1. The largest absolute Gasteiger partial charge is 0.388 e. The Morgan fingerprint density at radius 1 is 1.48 bits per heavy atom. The van der Waals surface area contributed by atoms with E-state index < -0.39 is 6.10 Å².